The summed E-state index contributed by atoms with van der Waals surface area (Å²) in [6, 6.07) is 7.12. The molecule has 0 aliphatic rings. The van der Waals surface area contributed by atoms with Gasteiger partial charge in [0.1, 0.15) is 30.3 Å². The highest BCUT2D eigenvalue weighted by molar-refractivity contribution is 6.30. The Hall–Kier alpha value is -4.06. The smallest absolute Gasteiger partial charge is 0.283 e. The molecule has 0 spiro atoms. The van der Waals surface area contributed by atoms with Gasteiger partial charge in [-0.2, -0.15) is 4.98 Å². The number of aromatic nitrogens is 7. The third kappa shape index (κ3) is 4.07. The molecule has 0 fully saturated rings. The Morgan fingerprint density at radius 1 is 1.03 bits per heavy atom. The third-order valence-electron chi connectivity index (χ3n) is 4.70. The van der Waals surface area contributed by atoms with E-state index in [4.69, 9.17) is 16.1 Å². The Morgan fingerprint density at radius 2 is 1.82 bits per heavy atom. The van der Waals surface area contributed by atoms with Crippen LogP contribution in [0.4, 0.5) is 13.2 Å². The number of halogens is 4. The van der Waals surface area contributed by atoms with E-state index in [0.717, 1.165) is 18.2 Å². The van der Waals surface area contributed by atoms with Gasteiger partial charge < -0.3 is 4.52 Å². The van der Waals surface area contributed by atoms with Crippen molar-refractivity contribution < 1.29 is 17.7 Å². The van der Waals surface area contributed by atoms with Crippen molar-refractivity contribution >= 4 is 22.8 Å². The number of fused-ring (bicyclic) bond motifs is 1. The van der Waals surface area contributed by atoms with Crippen LogP contribution in [0.5, 0.6) is 0 Å². The lowest BCUT2D eigenvalue weighted by atomic mass is 10.2. The van der Waals surface area contributed by atoms with Gasteiger partial charge in [0, 0.05) is 11.6 Å². The van der Waals surface area contributed by atoms with Gasteiger partial charge >= 0.3 is 0 Å². The van der Waals surface area contributed by atoms with Gasteiger partial charge in [0.2, 0.25) is 11.7 Å². The van der Waals surface area contributed by atoms with E-state index in [1.165, 1.54) is 33.8 Å². The molecule has 9 nitrogen and oxygen atoms in total. The second-order valence-corrected chi connectivity index (χ2v) is 7.42. The van der Waals surface area contributed by atoms with Crippen molar-refractivity contribution in [3.63, 3.8) is 0 Å². The van der Waals surface area contributed by atoms with Crippen LogP contribution in [0.2, 0.25) is 5.02 Å². The molecule has 5 rings (SSSR count). The number of hydrogen-bond donors (Lipinski definition) is 0. The first-order valence-corrected chi connectivity index (χ1v) is 9.77. The minimum Gasteiger partial charge on any atom is -0.337 e. The first-order valence-electron chi connectivity index (χ1n) is 9.39. The summed E-state index contributed by atoms with van der Waals surface area (Å²) in [5.74, 6) is -1.90. The largest absolute Gasteiger partial charge is 0.337 e. The van der Waals surface area contributed by atoms with E-state index >= 15 is 0 Å². The van der Waals surface area contributed by atoms with Crippen LogP contribution in [0.25, 0.3) is 22.6 Å². The Bertz CT molecular complexity index is 1540. The summed E-state index contributed by atoms with van der Waals surface area (Å²) in [5.41, 5.74) is 0.207. The normalized spacial score (nSPS) is 11.4. The van der Waals surface area contributed by atoms with Crippen LogP contribution in [0.15, 0.2) is 52.0 Å². The summed E-state index contributed by atoms with van der Waals surface area (Å²) in [4.78, 5) is 21.1. The van der Waals surface area contributed by atoms with Crippen molar-refractivity contribution in [2.75, 3.05) is 0 Å². The zero-order chi connectivity index (χ0) is 23.1. The van der Waals surface area contributed by atoms with Crippen molar-refractivity contribution in [3.05, 3.63) is 87.0 Å². The molecule has 3 heterocycles. The zero-order valence-corrected chi connectivity index (χ0v) is 17.2. The van der Waals surface area contributed by atoms with Gasteiger partial charge in [-0.15, -0.1) is 5.10 Å². The standard InChI is InChI=1S/C20H11ClF3N7O2/c21-14-2-1-11(5-15(14)24)18-26-16(33-28-18)8-30-9-25-19-17(20(30)32)27-29-31(19)7-10-3-12(22)6-13(23)4-10/h1-6,9H,7-8H2. The summed E-state index contributed by atoms with van der Waals surface area (Å²) < 4.78 is 48.2. The Kier molecular flexibility index (Phi) is 5.13. The quantitative estimate of drug-likeness (QED) is 0.386. The van der Waals surface area contributed by atoms with Crippen molar-refractivity contribution in [3.8, 4) is 11.4 Å². The molecule has 0 radical (unpaired) electrons. The topological polar surface area (TPSA) is 105 Å². The fourth-order valence-corrected chi connectivity index (χ4v) is 3.32. The molecule has 0 unspecified atom stereocenters. The van der Waals surface area contributed by atoms with Gasteiger partial charge in [-0.1, -0.05) is 22.0 Å². The maximum atomic E-state index is 13.7. The SMILES string of the molecule is O=c1c2nnn(Cc3cc(F)cc(F)c3)c2ncn1Cc1nc(-c2ccc(Cl)c(F)c2)no1. The van der Waals surface area contributed by atoms with Crippen LogP contribution >= 0.6 is 11.6 Å². The van der Waals surface area contributed by atoms with E-state index in [9.17, 15) is 18.0 Å². The highest BCUT2D eigenvalue weighted by Gasteiger charge is 2.16. The molecule has 0 N–H and O–H groups in total. The minimum atomic E-state index is -0.731. The molecule has 0 atom stereocenters. The van der Waals surface area contributed by atoms with Crippen LogP contribution < -0.4 is 5.56 Å². The average molecular weight is 474 g/mol. The van der Waals surface area contributed by atoms with Gasteiger partial charge in [-0.25, -0.2) is 22.8 Å². The minimum absolute atomic E-state index is 0.0354. The molecule has 0 bridgehead atoms. The van der Waals surface area contributed by atoms with Crippen molar-refractivity contribution in [2.24, 2.45) is 0 Å². The summed E-state index contributed by atoms with van der Waals surface area (Å²) >= 11 is 5.68. The van der Waals surface area contributed by atoms with Gasteiger partial charge in [0.05, 0.1) is 11.6 Å². The third-order valence-corrected chi connectivity index (χ3v) is 5.00. The number of nitrogens with zero attached hydrogens (tertiary/aromatic N) is 7. The average Bonchev–Trinajstić information content (AvgIpc) is 3.39. The number of hydrogen-bond acceptors (Lipinski definition) is 7. The van der Waals surface area contributed by atoms with Gasteiger partial charge in [0.25, 0.3) is 5.56 Å². The van der Waals surface area contributed by atoms with E-state index in [0.29, 0.717) is 11.1 Å². The lowest BCUT2D eigenvalue weighted by Gasteiger charge is -2.04. The summed E-state index contributed by atoms with van der Waals surface area (Å²) in [6.45, 7) is -0.154. The number of rotatable bonds is 5. The fourth-order valence-electron chi connectivity index (χ4n) is 3.20. The Labute approximate surface area is 187 Å². The monoisotopic (exact) mass is 473 g/mol. The second kappa shape index (κ2) is 8.13. The van der Waals surface area contributed by atoms with E-state index in [2.05, 4.69) is 25.4 Å². The highest BCUT2D eigenvalue weighted by Crippen LogP contribution is 2.22. The van der Waals surface area contributed by atoms with Crippen molar-refractivity contribution in [1.82, 2.24) is 34.7 Å². The molecule has 0 aliphatic heterocycles. The highest BCUT2D eigenvalue weighted by atomic mass is 35.5. The van der Waals surface area contributed by atoms with Crippen LogP contribution in [-0.4, -0.2) is 34.7 Å². The lowest BCUT2D eigenvalue weighted by molar-refractivity contribution is 0.369. The maximum absolute atomic E-state index is 13.7. The van der Waals surface area contributed by atoms with E-state index in [1.54, 1.807) is 0 Å². The second-order valence-electron chi connectivity index (χ2n) is 7.02. The van der Waals surface area contributed by atoms with Crippen LogP contribution in [0.1, 0.15) is 11.5 Å². The van der Waals surface area contributed by atoms with Crippen LogP contribution in [-0.2, 0) is 13.1 Å². The molecule has 5 aromatic rings. The van der Waals surface area contributed by atoms with Gasteiger partial charge in [0.15, 0.2) is 11.2 Å². The molecule has 33 heavy (non-hydrogen) atoms. The molecule has 0 saturated heterocycles. The first kappa shape index (κ1) is 20.8. The lowest BCUT2D eigenvalue weighted by Crippen LogP contribution is -2.21. The van der Waals surface area contributed by atoms with Gasteiger partial charge in [-0.3, -0.25) is 9.36 Å². The summed E-state index contributed by atoms with van der Waals surface area (Å²) in [5, 5.41) is 11.5. The zero-order valence-electron chi connectivity index (χ0n) is 16.4. The predicted molar refractivity (Wildman–Crippen MR) is 109 cm³/mol. The van der Waals surface area contributed by atoms with Crippen molar-refractivity contribution in [1.29, 1.82) is 0 Å². The predicted octanol–water partition coefficient (Wildman–Crippen LogP) is 3.21. The molecule has 2 aromatic carbocycles. The van der Waals surface area contributed by atoms with Crippen LogP contribution in [0, 0.1) is 17.5 Å². The molecular formula is C20H11ClF3N7O2. The Balaban J connectivity index is 1.41. The molecular weight excluding hydrogens is 463 g/mol. The van der Waals surface area contributed by atoms with E-state index in [1.807, 2.05) is 0 Å². The fraction of sp³-hybridized carbons (Fsp3) is 0.100. The molecule has 166 valence electrons. The molecule has 3 aromatic heterocycles. The summed E-state index contributed by atoms with van der Waals surface area (Å²) in [6.07, 6.45) is 1.24. The maximum Gasteiger partial charge on any atom is 0.283 e. The summed E-state index contributed by atoms with van der Waals surface area (Å²) in [7, 11) is 0. The van der Waals surface area contributed by atoms with E-state index in [-0.39, 0.29) is 41.0 Å². The first-order chi connectivity index (χ1) is 15.9. The van der Waals surface area contributed by atoms with Crippen LogP contribution in [0.3, 0.4) is 0 Å². The van der Waals surface area contributed by atoms with Gasteiger partial charge in [-0.05, 0) is 35.9 Å². The number of benzene rings is 2. The Morgan fingerprint density at radius 3 is 2.58 bits per heavy atom. The molecule has 0 saturated carbocycles. The van der Waals surface area contributed by atoms with Crippen molar-refractivity contribution in [2.45, 2.75) is 13.1 Å². The molecule has 0 aliphatic carbocycles. The molecule has 13 heteroatoms. The molecule has 0 amide bonds. The van der Waals surface area contributed by atoms with E-state index < -0.39 is 23.0 Å².